The fourth-order valence-corrected chi connectivity index (χ4v) is 3.94. The highest BCUT2D eigenvalue weighted by Gasteiger charge is 2.29. The highest BCUT2D eigenvalue weighted by molar-refractivity contribution is 6.30. The predicted octanol–water partition coefficient (Wildman–Crippen LogP) is 3.43. The van der Waals surface area contributed by atoms with Gasteiger partial charge in [-0.3, -0.25) is 4.79 Å². The topological polar surface area (TPSA) is 122 Å². The number of fused-ring (bicyclic) bond motifs is 1. The van der Waals surface area contributed by atoms with Crippen LogP contribution in [0, 0.1) is 11.2 Å². The number of carboxylic acids is 1. The van der Waals surface area contributed by atoms with E-state index in [4.69, 9.17) is 16.3 Å². The number of carboxylic acid groups (broad SMARTS) is 1. The number of carbonyl (C=O) groups is 1. The quantitative estimate of drug-likeness (QED) is 0.440. The summed E-state index contributed by atoms with van der Waals surface area (Å²) >= 11 is 5.90. The van der Waals surface area contributed by atoms with Gasteiger partial charge >= 0.3 is 5.97 Å². The monoisotopic (exact) mass is 492 g/mol. The van der Waals surface area contributed by atoms with Gasteiger partial charge in [0.2, 0.25) is 11.3 Å². The molecule has 10 heteroatoms. The van der Waals surface area contributed by atoms with Gasteiger partial charge in [0.05, 0.1) is 29.7 Å². The van der Waals surface area contributed by atoms with Gasteiger partial charge < -0.3 is 24.6 Å². The molecule has 3 rings (SSSR count). The maximum atomic E-state index is 14.6. The van der Waals surface area contributed by atoms with Crippen molar-refractivity contribution in [2.24, 2.45) is 5.41 Å². The van der Waals surface area contributed by atoms with Crippen LogP contribution in [0.3, 0.4) is 0 Å². The van der Waals surface area contributed by atoms with E-state index >= 15 is 0 Å². The van der Waals surface area contributed by atoms with E-state index in [-0.39, 0.29) is 53.7 Å². The van der Waals surface area contributed by atoms with Gasteiger partial charge in [-0.15, -0.1) is 0 Å². The molecule has 0 saturated carbocycles. The van der Waals surface area contributed by atoms with E-state index in [0.717, 1.165) is 6.20 Å². The Hall–Kier alpha value is -3.01. The molecule has 0 aliphatic heterocycles. The molecule has 1 atom stereocenters. The first-order valence-electron chi connectivity index (χ1n) is 10.6. The summed E-state index contributed by atoms with van der Waals surface area (Å²) in [6, 6.07) is 5.30. The lowest BCUT2D eigenvalue weighted by Crippen LogP contribution is -2.31. The maximum absolute atomic E-state index is 14.6. The molecule has 2 aromatic heterocycles. The van der Waals surface area contributed by atoms with Crippen molar-refractivity contribution in [3.05, 3.63) is 68.2 Å². The normalized spacial score (nSPS) is 12.7. The molecule has 182 valence electrons. The Kier molecular flexibility index (Phi) is 7.60. The summed E-state index contributed by atoms with van der Waals surface area (Å²) in [5.74, 6) is -2.01. The van der Waals surface area contributed by atoms with Crippen molar-refractivity contribution in [1.29, 1.82) is 0 Å². The lowest BCUT2D eigenvalue weighted by atomic mass is 9.86. The SMILES string of the molecule is CC(C)(C)C(CO)n1cc(C(=O)O)c(=O)c2cc(Cc3cccc(Cl)c3F)c(OCCO)nc21. The third-order valence-corrected chi connectivity index (χ3v) is 5.82. The van der Waals surface area contributed by atoms with Gasteiger partial charge in [0.15, 0.2) is 0 Å². The number of aromatic carboxylic acids is 1. The molecule has 1 aromatic carbocycles. The zero-order chi connectivity index (χ0) is 25.2. The molecule has 0 aliphatic rings. The molecular weight excluding hydrogens is 467 g/mol. The fraction of sp³-hybridized carbons (Fsp3) is 0.375. The van der Waals surface area contributed by atoms with Crippen molar-refractivity contribution in [2.75, 3.05) is 19.8 Å². The van der Waals surface area contributed by atoms with Gasteiger partial charge in [-0.1, -0.05) is 44.5 Å². The van der Waals surface area contributed by atoms with Gasteiger partial charge in [0.25, 0.3) is 0 Å². The molecule has 0 fully saturated rings. The number of aliphatic hydroxyl groups is 2. The minimum atomic E-state index is -1.42. The molecule has 0 saturated heterocycles. The van der Waals surface area contributed by atoms with Crippen LogP contribution in [0.4, 0.5) is 4.39 Å². The molecule has 1 unspecified atom stereocenters. The van der Waals surface area contributed by atoms with Gasteiger partial charge in [0.1, 0.15) is 23.6 Å². The van der Waals surface area contributed by atoms with Gasteiger partial charge in [-0.25, -0.2) is 9.18 Å². The van der Waals surface area contributed by atoms with Crippen molar-refractivity contribution in [2.45, 2.75) is 33.2 Å². The summed E-state index contributed by atoms with van der Waals surface area (Å²) < 4.78 is 21.6. The average Bonchev–Trinajstić information content (AvgIpc) is 2.76. The zero-order valence-corrected chi connectivity index (χ0v) is 19.8. The number of aromatic nitrogens is 2. The second-order valence-electron chi connectivity index (χ2n) is 8.93. The number of ether oxygens (including phenoxy) is 1. The number of hydrogen-bond donors (Lipinski definition) is 3. The van der Waals surface area contributed by atoms with E-state index in [1.807, 2.05) is 20.8 Å². The van der Waals surface area contributed by atoms with Crippen LogP contribution in [0.15, 0.2) is 35.3 Å². The smallest absolute Gasteiger partial charge is 0.341 e. The van der Waals surface area contributed by atoms with E-state index in [9.17, 15) is 29.3 Å². The van der Waals surface area contributed by atoms with Crippen molar-refractivity contribution < 1.29 is 29.2 Å². The van der Waals surface area contributed by atoms with Crippen LogP contribution < -0.4 is 10.2 Å². The maximum Gasteiger partial charge on any atom is 0.341 e. The van der Waals surface area contributed by atoms with Gasteiger partial charge in [-0.2, -0.15) is 4.98 Å². The Morgan fingerprint density at radius 1 is 1.26 bits per heavy atom. The van der Waals surface area contributed by atoms with E-state index in [1.165, 1.54) is 22.8 Å². The van der Waals surface area contributed by atoms with E-state index in [1.54, 1.807) is 6.07 Å². The van der Waals surface area contributed by atoms with Crippen LogP contribution in [0.2, 0.25) is 5.02 Å². The molecule has 2 heterocycles. The summed E-state index contributed by atoms with van der Waals surface area (Å²) in [6.45, 7) is 4.82. The summed E-state index contributed by atoms with van der Waals surface area (Å²) in [5.41, 5.74) is -1.14. The van der Waals surface area contributed by atoms with E-state index in [2.05, 4.69) is 4.98 Å². The number of hydrogen-bond acceptors (Lipinski definition) is 6. The van der Waals surface area contributed by atoms with Crippen LogP contribution in [0.5, 0.6) is 5.88 Å². The minimum absolute atomic E-state index is 0.0172. The number of rotatable bonds is 8. The largest absolute Gasteiger partial charge is 0.477 e. The highest BCUT2D eigenvalue weighted by atomic mass is 35.5. The fourth-order valence-electron chi connectivity index (χ4n) is 3.75. The van der Waals surface area contributed by atoms with Crippen LogP contribution in [-0.4, -0.2) is 50.7 Å². The summed E-state index contributed by atoms with van der Waals surface area (Å²) in [4.78, 5) is 29.4. The number of halogens is 2. The molecule has 0 spiro atoms. The number of benzene rings is 1. The number of aliphatic hydroxyl groups excluding tert-OH is 2. The summed E-state index contributed by atoms with van der Waals surface area (Å²) in [5, 5.41) is 28.9. The predicted molar refractivity (Wildman–Crippen MR) is 125 cm³/mol. The van der Waals surface area contributed by atoms with Crippen LogP contribution in [-0.2, 0) is 6.42 Å². The molecule has 3 N–H and O–H groups in total. The number of pyridine rings is 2. The Balaban J connectivity index is 2.35. The molecular formula is C24H26ClFN2O6. The third-order valence-electron chi connectivity index (χ3n) is 5.52. The first-order chi connectivity index (χ1) is 16.0. The summed E-state index contributed by atoms with van der Waals surface area (Å²) in [6.07, 6.45) is 1.12. The molecule has 0 aliphatic carbocycles. The van der Waals surface area contributed by atoms with E-state index in [0.29, 0.717) is 5.56 Å². The molecule has 0 amide bonds. The van der Waals surface area contributed by atoms with Gasteiger partial charge in [-0.05, 0) is 23.1 Å². The lowest BCUT2D eigenvalue weighted by molar-refractivity contribution is 0.0692. The molecule has 0 bridgehead atoms. The zero-order valence-electron chi connectivity index (χ0n) is 19.0. The van der Waals surface area contributed by atoms with Crippen LogP contribution in [0.25, 0.3) is 11.0 Å². The number of nitrogens with zero attached hydrogens (tertiary/aromatic N) is 2. The molecule has 8 nitrogen and oxygen atoms in total. The first kappa shape index (κ1) is 25.6. The second-order valence-corrected chi connectivity index (χ2v) is 9.34. The van der Waals surface area contributed by atoms with Crippen molar-refractivity contribution >= 4 is 28.6 Å². The molecule has 0 radical (unpaired) electrons. The van der Waals surface area contributed by atoms with Crippen LogP contribution >= 0.6 is 11.6 Å². The molecule has 3 aromatic rings. The lowest BCUT2D eigenvalue weighted by Gasteiger charge is -2.32. The second kappa shape index (κ2) is 10.1. The van der Waals surface area contributed by atoms with Crippen molar-refractivity contribution in [3.8, 4) is 5.88 Å². The van der Waals surface area contributed by atoms with Gasteiger partial charge in [0, 0.05) is 18.2 Å². The Labute approximate surface area is 200 Å². The summed E-state index contributed by atoms with van der Waals surface area (Å²) in [7, 11) is 0. The Morgan fingerprint density at radius 3 is 2.56 bits per heavy atom. The minimum Gasteiger partial charge on any atom is -0.477 e. The van der Waals surface area contributed by atoms with Crippen molar-refractivity contribution in [3.63, 3.8) is 0 Å². The third kappa shape index (κ3) is 5.06. The Morgan fingerprint density at radius 2 is 1.97 bits per heavy atom. The van der Waals surface area contributed by atoms with Crippen molar-refractivity contribution in [1.82, 2.24) is 9.55 Å². The molecule has 34 heavy (non-hydrogen) atoms. The van der Waals surface area contributed by atoms with E-state index < -0.39 is 34.2 Å². The first-order valence-corrected chi connectivity index (χ1v) is 11.0. The highest BCUT2D eigenvalue weighted by Crippen LogP contribution is 2.34. The van der Waals surface area contributed by atoms with Crippen LogP contribution in [0.1, 0.15) is 48.3 Å². The Bertz CT molecular complexity index is 1290. The average molecular weight is 493 g/mol. The standard InChI is InChI=1S/C24H26ClFN2O6/c1-24(2,3)18(12-30)28-11-16(23(32)33)20(31)15-10-14(22(27-21(15)28)34-8-7-29)9-13-5-4-6-17(25)19(13)26/h4-6,10-11,18,29-30H,7-9,12H2,1-3H3,(H,32,33).